The molecule has 0 N–H and O–H groups in total. The summed E-state index contributed by atoms with van der Waals surface area (Å²) in [5.41, 5.74) is 2.03. The lowest BCUT2D eigenvalue weighted by molar-refractivity contribution is -0.777. The van der Waals surface area contributed by atoms with Crippen LogP contribution in [0.15, 0.2) is 48.6 Å². The summed E-state index contributed by atoms with van der Waals surface area (Å²) in [5, 5.41) is 11.2. The number of hydrogen-bond acceptors (Lipinski definition) is 8. The number of benzene rings is 2. The molecule has 0 aliphatic carbocycles. The minimum atomic E-state index is -1.38. The Kier molecular flexibility index (Phi) is 8.16. The second-order valence-corrected chi connectivity index (χ2v) is 6.51. The minimum Gasteiger partial charge on any atom is -0.461 e. The van der Waals surface area contributed by atoms with Gasteiger partial charge in [0.05, 0.1) is 5.92 Å². The molecule has 0 saturated heterocycles. The van der Waals surface area contributed by atoms with E-state index in [4.69, 9.17) is 4.74 Å². The van der Waals surface area contributed by atoms with Crippen LogP contribution in [0.5, 0.6) is 0 Å². The van der Waals surface area contributed by atoms with Gasteiger partial charge in [-0.25, -0.2) is 4.79 Å². The van der Waals surface area contributed by atoms with Crippen molar-refractivity contribution in [2.24, 2.45) is 0 Å². The molecular formula is C21H23NO8. The Balaban J connectivity index is 1.74. The molecule has 0 aromatic heterocycles. The average Bonchev–Trinajstić information content (AvgIpc) is 2.68. The van der Waals surface area contributed by atoms with E-state index in [-0.39, 0.29) is 19.2 Å². The molecule has 0 fully saturated rings. The molecule has 30 heavy (non-hydrogen) atoms. The maximum absolute atomic E-state index is 12.3. The van der Waals surface area contributed by atoms with E-state index in [1.54, 1.807) is 6.92 Å². The number of ether oxygens (including phenoxy) is 3. The lowest BCUT2D eigenvalue weighted by Gasteiger charge is -2.12. The smallest absolute Gasteiger partial charge is 0.461 e. The zero-order valence-electron chi connectivity index (χ0n) is 16.9. The Labute approximate surface area is 173 Å². The highest BCUT2D eigenvalue weighted by Crippen LogP contribution is 2.23. The maximum atomic E-state index is 12.3. The fourth-order valence-corrected chi connectivity index (χ4v) is 2.61. The minimum absolute atomic E-state index is 0.00912. The Morgan fingerprint density at radius 3 is 2.37 bits per heavy atom. The molecule has 2 aromatic carbocycles. The number of carbonyl (C=O) groups excluding carboxylic acids is 2. The fourth-order valence-electron chi connectivity index (χ4n) is 2.61. The summed E-state index contributed by atoms with van der Waals surface area (Å²) in [6.07, 6.45) is 0.471. The third-order valence-electron chi connectivity index (χ3n) is 4.16. The van der Waals surface area contributed by atoms with Crippen molar-refractivity contribution < 1.29 is 33.7 Å². The second-order valence-electron chi connectivity index (χ2n) is 6.51. The number of rotatable bonds is 9. The Hall–Kier alpha value is -3.62. The van der Waals surface area contributed by atoms with Crippen molar-refractivity contribution in [3.63, 3.8) is 0 Å². The van der Waals surface area contributed by atoms with E-state index in [2.05, 4.69) is 20.4 Å². The number of carbonyl (C=O) groups is 2. The van der Waals surface area contributed by atoms with Crippen LogP contribution in [0.2, 0.25) is 0 Å². The SMILES string of the molecule is Cc1ccc2cc([C@H](C)C(=O)OC/C=C\COC(=O)OC(C)O[N+](=O)[O-])ccc2c1. The predicted octanol–water partition coefficient (Wildman–Crippen LogP) is 4.06. The Morgan fingerprint density at radius 1 is 1.03 bits per heavy atom. The first-order chi connectivity index (χ1) is 14.3. The third kappa shape index (κ3) is 7.08. The summed E-state index contributed by atoms with van der Waals surface area (Å²) < 4.78 is 14.4. The molecule has 0 spiro atoms. The van der Waals surface area contributed by atoms with Crippen LogP contribution in [0.1, 0.15) is 30.9 Å². The van der Waals surface area contributed by atoms with Crippen LogP contribution in [0.4, 0.5) is 4.79 Å². The van der Waals surface area contributed by atoms with Gasteiger partial charge in [0.2, 0.25) is 6.29 Å². The molecule has 2 atom stereocenters. The van der Waals surface area contributed by atoms with Crippen LogP contribution in [0.25, 0.3) is 10.8 Å². The highest BCUT2D eigenvalue weighted by Gasteiger charge is 2.17. The molecule has 0 aliphatic heterocycles. The summed E-state index contributed by atoms with van der Waals surface area (Å²) in [6.45, 7) is 4.84. The van der Waals surface area contributed by atoms with Crippen molar-refractivity contribution in [1.29, 1.82) is 0 Å². The van der Waals surface area contributed by atoms with Gasteiger partial charge < -0.3 is 14.2 Å². The zero-order valence-corrected chi connectivity index (χ0v) is 16.9. The van der Waals surface area contributed by atoms with E-state index in [1.807, 2.05) is 37.3 Å². The van der Waals surface area contributed by atoms with Gasteiger partial charge in [-0.05, 0) is 49.3 Å². The Bertz CT molecular complexity index is 940. The van der Waals surface area contributed by atoms with Crippen molar-refractivity contribution >= 4 is 22.9 Å². The van der Waals surface area contributed by atoms with Crippen LogP contribution in [-0.4, -0.2) is 36.7 Å². The number of fused-ring (bicyclic) bond motifs is 1. The molecule has 2 aromatic rings. The van der Waals surface area contributed by atoms with Gasteiger partial charge in [-0.3, -0.25) is 9.63 Å². The van der Waals surface area contributed by atoms with Crippen molar-refractivity contribution in [2.45, 2.75) is 33.0 Å². The lowest BCUT2D eigenvalue weighted by atomic mass is 9.97. The molecule has 2 rings (SSSR count). The van der Waals surface area contributed by atoms with E-state index in [9.17, 15) is 19.7 Å². The lowest BCUT2D eigenvalue weighted by Crippen LogP contribution is -2.21. The van der Waals surface area contributed by atoms with Gasteiger partial charge in [0.15, 0.2) is 0 Å². The third-order valence-corrected chi connectivity index (χ3v) is 4.16. The molecule has 0 amide bonds. The molecular weight excluding hydrogens is 394 g/mol. The van der Waals surface area contributed by atoms with Gasteiger partial charge in [0.1, 0.15) is 13.2 Å². The van der Waals surface area contributed by atoms with Crippen LogP contribution < -0.4 is 0 Å². The monoisotopic (exact) mass is 417 g/mol. The van der Waals surface area contributed by atoms with Gasteiger partial charge in [-0.2, -0.15) is 0 Å². The highest BCUT2D eigenvalue weighted by molar-refractivity contribution is 5.86. The van der Waals surface area contributed by atoms with Crippen molar-refractivity contribution in [3.05, 3.63) is 69.8 Å². The summed E-state index contributed by atoms with van der Waals surface area (Å²) in [7, 11) is 0. The molecule has 1 unspecified atom stereocenters. The first-order valence-electron chi connectivity index (χ1n) is 9.23. The van der Waals surface area contributed by atoms with Gasteiger partial charge in [0, 0.05) is 0 Å². The van der Waals surface area contributed by atoms with Crippen molar-refractivity contribution in [1.82, 2.24) is 0 Å². The number of hydrogen-bond donors (Lipinski definition) is 0. The zero-order chi connectivity index (χ0) is 22.1. The summed E-state index contributed by atoms with van der Waals surface area (Å²) in [5.74, 6) is -0.810. The van der Waals surface area contributed by atoms with E-state index in [1.165, 1.54) is 24.6 Å². The van der Waals surface area contributed by atoms with E-state index in [0.717, 1.165) is 16.3 Å². The molecule has 0 heterocycles. The van der Waals surface area contributed by atoms with E-state index >= 15 is 0 Å². The van der Waals surface area contributed by atoms with Crippen LogP contribution in [-0.2, 0) is 23.8 Å². The van der Waals surface area contributed by atoms with Crippen LogP contribution in [0, 0.1) is 17.0 Å². The van der Waals surface area contributed by atoms with Gasteiger partial charge >= 0.3 is 12.1 Å². The fraction of sp³-hybridized carbons (Fsp3) is 0.333. The van der Waals surface area contributed by atoms with Gasteiger partial charge in [0.25, 0.3) is 5.09 Å². The van der Waals surface area contributed by atoms with E-state index < -0.39 is 23.4 Å². The summed E-state index contributed by atoms with van der Waals surface area (Å²) in [4.78, 5) is 37.6. The Morgan fingerprint density at radius 2 is 1.67 bits per heavy atom. The van der Waals surface area contributed by atoms with Gasteiger partial charge in [-0.15, -0.1) is 10.1 Å². The standard InChI is InChI=1S/C21H23NO8/c1-14-6-7-19-13-17(8-9-18(19)12-14)15(2)20(23)27-10-4-5-11-28-21(24)29-16(3)30-22(25)26/h4-9,12-13,15-16H,10-11H2,1-3H3/b5-4-/t15-,16?/m0/s1. The normalized spacial score (nSPS) is 12.9. The van der Waals surface area contributed by atoms with E-state index in [0.29, 0.717) is 0 Å². The molecule has 9 nitrogen and oxygen atoms in total. The number of aryl methyl sites for hydroxylation is 1. The molecule has 160 valence electrons. The first kappa shape index (κ1) is 22.7. The quantitative estimate of drug-likeness (QED) is 0.197. The summed E-state index contributed by atoms with van der Waals surface area (Å²) in [6, 6.07) is 12.0. The number of nitrogens with zero attached hydrogens (tertiary/aromatic N) is 1. The molecule has 0 aliphatic rings. The molecule has 0 radical (unpaired) electrons. The highest BCUT2D eigenvalue weighted by atomic mass is 17.0. The maximum Gasteiger partial charge on any atom is 0.510 e. The molecule has 0 saturated carbocycles. The topological polar surface area (TPSA) is 114 Å². The molecule has 0 bridgehead atoms. The summed E-state index contributed by atoms with van der Waals surface area (Å²) >= 11 is 0. The second kappa shape index (κ2) is 10.8. The largest absolute Gasteiger partial charge is 0.510 e. The average molecular weight is 417 g/mol. The first-order valence-corrected chi connectivity index (χ1v) is 9.23. The number of esters is 1. The van der Waals surface area contributed by atoms with Gasteiger partial charge in [-0.1, -0.05) is 42.0 Å². The van der Waals surface area contributed by atoms with Crippen molar-refractivity contribution in [2.75, 3.05) is 13.2 Å². The molecule has 9 heteroatoms. The van der Waals surface area contributed by atoms with Crippen LogP contribution >= 0.6 is 0 Å². The van der Waals surface area contributed by atoms with Crippen LogP contribution in [0.3, 0.4) is 0 Å². The predicted molar refractivity (Wildman–Crippen MR) is 107 cm³/mol. The van der Waals surface area contributed by atoms with Crippen molar-refractivity contribution in [3.8, 4) is 0 Å².